The highest BCUT2D eigenvalue weighted by molar-refractivity contribution is 7.07. The van der Waals surface area contributed by atoms with E-state index in [0.29, 0.717) is 31.9 Å². The summed E-state index contributed by atoms with van der Waals surface area (Å²) in [6.07, 6.45) is -2.00. The molecule has 0 bridgehead atoms. The van der Waals surface area contributed by atoms with Crippen LogP contribution in [0, 0.1) is 0 Å². The van der Waals surface area contributed by atoms with Crippen LogP contribution < -0.4 is 4.74 Å². The molecule has 1 aromatic heterocycles. The van der Waals surface area contributed by atoms with E-state index >= 15 is 0 Å². The van der Waals surface area contributed by atoms with Crippen molar-refractivity contribution in [1.82, 2.24) is 4.90 Å². The number of ether oxygens (including phenoxy) is 2. The van der Waals surface area contributed by atoms with E-state index in [1.54, 1.807) is 22.3 Å². The first-order valence-corrected chi connectivity index (χ1v) is 12.6. The van der Waals surface area contributed by atoms with Crippen molar-refractivity contribution in [1.29, 1.82) is 0 Å². The van der Waals surface area contributed by atoms with Crippen molar-refractivity contribution in [2.75, 3.05) is 19.8 Å². The fraction of sp³-hybridized carbons (Fsp3) is 0.370. The maximum absolute atomic E-state index is 13.2. The zero-order chi connectivity index (χ0) is 24.7. The van der Waals surface area contributed by atoms with Gasteiger partial charge in [-0.05, 0) is 64.6 Å². The third kappa shape index (κ3) is 7.57. The second-order valence-electron chi connectivity index (χ2n) is 8.66. The van der Waals surface area contributed by atoms with Gasteiger partial charge in [0.15, 0.2) is 0 Å². The zero-order valence-electron chi connectivity index (χ0n) is 19.3. The van der Waals surface area contributed by atoms with E-state index in [0.717, 1.165) is 42.7 Å². The van der Waals surface area contributed by atoms with Gasteiger partial charge in [-0.2, -0.15) is 24.5 Å². The molecule has 0 spiro atoms. The van der Waals surface area contributed by atoms with Gasteiger partial charge in [0.2, 0.25) is 5.91 Å². The van der Waals surface area contributed by atoms with Crippen molar-refractivity contribution in [2.45, 2.75) is 44.5 Å². The first-order valence-electron chi connectivity index (χ1n) is 11.6. The van der Waals surface area contributed by atoms with Crippen LogP contribution in [-0.4, -0.2) is 36.7 Å². The normalized spacial score (nSPS) is 15.8. The number of hydrogen-bond donors (Lipinski definition) is 0. The van der Waals surface area contributed by atoms with Crippen molar-refractivity contribution in [3.8, 4) is 5.75 Å². The van der Waals surface area contributed by atoms with Crippen LogP contribution in [0.2, 0.25) is 0 Å². The number of nitrogens with zero attached hydrogens (tertiary/aromatic N) is 1. The largest absolute Gasteiger partial charge is 0.493 e. The first-order chi connectivity index (χ1) is 16.9. The summed E-state index contributed by atoms with van der Waals surface area (Å²) >= 11 is 1.65. The van der Waals surface area contributed by atoms with Gasteiger partial charge >= 0.3 is 6.18 Å². The van der Waals surface area contributed by atoms with Gasteiger partial charge in [0.25, 0.3) is 0 Å². The molecular formula is C27H28F3NO3S. The number of hydrogen-bond acceptors (Lipinski definition) is 4. The standard InChI is InChI=1S/C27H28F3NO3S/c28-27(29,30)23-6-1-4-21(14-23)16-26(32)31(18-25-8-3-11-33-25)17-22-5-2-7-24(15-22)34-12-9-20-10-13-35-19-20/h1-2,4-7,10,13-15,19,25H,3,8-9,11-12,16-18H2. The van der Waals surface area contributed by atoms with Crippen LogP contribution >= 0.6 is 11.3 Å². The molecule has 1 atom stereocenters. The Morgan fingerprint density at radius 3 is 2.66 bits per heavy atom. The molecule has 0 saturated carbocycles. The summed E-state index contributed by atoms with van der Waals surface area (Å²) in [6.45, 7) is 1.95. The SMILES string of the molecule is O=C(Cc1cccc(C(F)(F)F)c1)N(Cc1cccc(OCCc2ccsc2)c1)CC1CCCO1. The topological polar surface area (TPSA) is 38.8 Å². The van der Waals surface area contributed by atoms with Gasteiger partial charge in [-0.15, -0.1) is 0 Å². The average Bonchev–Trinajstić information content (AvgIpc) is 3.53. The molecule has 4 rings (SSSR count). The van der Waals surface area contributed by atoms with Crippen LogP contribution in [0.5, 0.6) is 5.75 Å². The molecule has 186 valence electrons. The van der Waals surface area contributed by atoms with E-state index in [1.165, 1.54) is 11.6 Å². The zero-order valence-corrected chi connectivity index (χ0v) is 20.1. The minimum absolute atomic E-state index is 0.0643. The van der Waals surface area contributed by atoms with Crippen LogP contribution in [0.1, 0.15) is 35.1 Å². The molecule has 1 aliphatic heterocycles. The van der Waals surface area contributed by atoms with Gasteiger partial charge in [0, 0.05) is 26.1 Å². The highest BCUT2D eigenvalue weighted by atomic mass is 32.1. The second-order valence-corrected chi connectivity index (χ2v) is 9.44. The molecule has 1 aliphatic rings. The van der Waals surface area contributed by atoms with Crippen molar-refractivity contribution >= 4 is 17.2 Å². The van der Waals surface area contributed by atoms with Crippen molar-refractivity contribution in [3.63, 3.8) is 0 Å². The quantitative estimate of drug-likeness (QED) is 0.334. The summed E-state index contributed by atoms with van der Waals surface area (Å²) in [6, 6.07) is 14.6. The van der Waals surface area contributed by atoms with Crippen LogP contribution in [0.3, 0.4) is 0 Å². The Bertz CT molecular complexity index is 1100. The van der Waals surface area contributed by atoms with Crippen molar-refractivity contribution in [2.24, 2.45) is 0 Å². The summed E-state index contributed by atoms with van der Waals surface area (Å²) in [5.41, 5.74) is 1.72. The number of carbonyl (C=O) groups is 1. The van der Waals surface area contributed by atoms with Gasteiger partial charge < -0.3 is 14.4 Å². The molecule has 4 nitrogen and oxygen atoms in total. The Kier molecular flexibility index (Phi) is 8.46. The molecule has 8 heteroatoms. The number of halogens is 3. The minimum Gasteiger partial charge on any atom is -0.493 e. The van der Waals surface area contributed by atoms with Crippen LogP contribution in [0.15, 0.2) is 65.4 Å². The number of thiophene rings is 1. The maximum Gasteiger partial charge on any atom is 0.416 e. The molecule has 1 saturated heterocycles. The van der Waals surface area contributed by atoms with E-state index in [9.17, 15) is 18.0 Å². The molecule has 0 aliphatic carbocycles. The summed E-state index contributed by atoms with van der Waals surface area (Å²) < 4.78 is 51.0. The van der Waals surface area contributed by atoms with E-state index in [-0.39, 0.29) is 18.4 Å². The maximum atomic E-state index is 13.2. The van der Waals surface area contributed by atoms with Crippen molar-refractivity contribution < 1.29 is 27.4 Å². The Hall–Kier alpha value is -2.84. The van der Waals surface area contributed by atoms with Gasteiger partial charge in [-0.1, -0.05) is 30.3 Å². The van der Waals surface area contributed by atoms with Gasteiger partial charge in [0.1, 0.15) is 5.75 Å². The Morgan fingerprint density at radius 1 is 1.09 bits per heavy atom. The lowest BCUT2D eigenvalue weighted by molar-refractivity contribution is -0.138. The number of alkyl halides is 3. The molecule has 2 aromatic carbocycles. The molecule has 3 aromatic rings. The third-order valence-corrected chi connectivity index (χ3v) is 6.65. The molecule has 0 N–H and O–H groups in total. The third-order valence-electron chi connectivity index (χ3n) is 5.92. The Balaban J connectivity index is 1.43. The molecule has 1 fully saturated rings. The number of benzene rings is 2. The second kappa shape index (κ2) is 11.7. The molecule has 35 heavy (non-hydrogen) atoms. The lowest BCUT2D eigenvalue weighted by Gasteiger charge is -2.26. The fourth-order valence-corrected chi connectivity index (χ4v) is 4.81. The smallest absolute Gasteiger partial charge is 0.416 e. The van der Waals surface area contributed by atoms with Crippen LogP contribution in [0.4, 0.5) is 13.2 Å². The van der Waals surface area contributed by atoms with E-state index in [1.807, 2.05) is 29.6 Å². The highest BCUT2D eigenvalue weighted by Gasteiger charge is 2.31. The minimum atomic E-state index is -4.44. The number of rotatable bonds is 10. The van der Waals surface area contributed by atoms with E-state index in [2.05, 4.69) is 11.4 Å². The average molecular weight is 504 g/mol. The summed E-state index contributed by atoms with van der Waals surface area (Å²) in [4.78, 5) is 14.9. The van der Waals surface area contributed by atoms with Gasteiger partial charge in [-0.25, -0.2) is 0 Å². The van der Waals surface area contributed by atoms with Gasteiger partial charge in [-0.3, -0.25) is 4.79 Å². The first kappa shape index (κ1) is 25.3. The summed E-state index contributed by atoms with van der Waals surface area (Å²) in [7, 11) is 0. The Morgan fingerprint density at radius 2 is 1.91 bits per heavy atom. The molecule has 0 radical (unpaired) electrons. The summed E-state index contributed by atoms with van der Waals surface area (Å²) in [5.74, 6) is 0.490. The predicted octanol–water partition coefficient (Wildman–Crippen LogP) is 6.14. The van der Waals surface area contributed by atoms with Crippen molar-refractivity contribution in [3.05, 3.63) is 87.6 Å². The van der Waals surface area contributed by atoms with Crippen LogP contribution in [0.25, 0.3) is 0 Å². The number of amides is 1. The van der Waals surface area contributed by atoms with E-state index < -0.39 is 11.7 Å². The predicted molar refractivity (Wildman–Crippen MR) is 129 cm³/mol. The molecule has 1 unspecified atom stereocenters. The molecule has 2 heterocycles. The molecular weight excluding hydrogens is 475 g/mol. The van der Waals surface area contributed by atoms with Gasteiger partial charge in [0.05, 0.1) is 24.7 Å². The Labute approximate surface area is 207 Å². The summed E-state index contributed by atoms with van der Waals surface area (Å²) in [5, 5.41) is 4.13. The molecule has 1 amide bonds. The highest BCUT2D eigenvalue weighted by Crippen LogP contribution is 2.30. The number of carbonyl (C=O) groups excluding carboxylic acids is 1. The van der Waals surface area contributed by atoms with Crippen LogP contribution in [-0.2, 0) is 35.1 Å². The van der Waals surface area contributed by atoms with E-state index in [4.69, 9.17) is 9.47 Å². The monoisotopic (exact) mass is 503 g/mol. The fourth-order valence-electron chi connectivity index (χ4n) is 4.11. The lowest BCUT2D eigenvalue weighted by Crippen LogP contribution is -2.37. The lowest BCUT2D eigenvalue weighted by atomic mass is 10.1.